The zero-order valence-electron chi connectivity index (χ0n) is 9.63. The maximum atomic E-state index is 11.4. The molecule has 94 valence electrons. The van der Waals surface area contributed by atoms with Crippen molar-refractivity contribution in [1.82, 2.24) is 20.1 Å². The average Bonchev–Trinajstić information content (AvgIpc) is 2.69. The molecule has 1 amide bonds. The number of nitrogens with two attached hydrogens (primary N) is 1. The van der Waals surface area contributed by atoms with Crippen LogP contribution >= 0.6 is 0 Å². The second-order valence-electron chi connectivity index (χ2n) is 3.34. The van der Waals surface area contributed by atoms with E-state index in [1.807, 2.05) is 0 Å². The minimum atomic E-state index is -0.151. The lowest BCUT2D eigenvalue weighted by Crippen LogP contribution is -2.30. The fraction of sp³-hybridized carbons (Fsp3) is 0.500. The molecule has 0 unspecified atom stereocenters. The van der Waals surface area contributed by atoms with Crippen LogP contribution in [0.2, 0.25) is 0 Å². The summed E-state index contributed by atoms with van der Waals surface area (Å²) in [7, 11) is 0. The number of carbonyl (C=O) groups is 1. The van der Waals surface area contributed by atoms with E-state index in [-0.39, 0.29) is 18.4 Å². The van der Waals surface area contributed by atoms with E-state index >= 15 is 0 Å². The summed E-state index contributed by atoms with van der Waals surface area (Å²) in [5.41, 5.74) is 5.32. The molecule has 3 N–H and O–H groups in total. The molecule has 0 fully saturated rings. The Morgan fingerprint density at radius 2 is 2.47 bits per heavy atom. The molecular formula is C10H17N5O2. The summed E-state index contributed by atoms with van der Waals surface area (Å²) in [5, 5.41) is 6.50. The van der Waals surface area contributed by atoms with Gasteiger partial charge in [-0.3, -0.25) is 4.79 Å². The summed E-state index contributed by atoms with van der Waals surface area (Å²) in [5.74, 6) is 0.00720. The van der Waals surface area contributed by atoms with Crippen molar-refractivity contribution < 1.29 is 9.53 Å². The Labute approximate surface area is 99.7 Å². The Morgan fingerprint density at radius 3 is 3.12 bits per heavy atom. The van der Waals surface area contributed by atoms with Crippen LogP contribution in [0.15, 0.2) is 19.0 Å². The minimum absolute atomic E-state index is 0.108. The molecule has 1 aromatic rings. The van der Waals surface area contributed by atoms with Crippen LogP contribution in [0, 0.1) is 0 Å². The van der Waals surface area contributed by atoms with Crippen molar-refractivity contribution in [2.45, 2.75) is 13.0 Å². The second-order valence-corrected chi connectivity index (χ2v) is 3.34. The lowest BCUT2D eigenvalue weighted by atomic mass is 10.4. The van der Waals surface area contributed by atoms with Crippen LogP contribution < -0.4 is 11.1 Å². The molecule has 1 heterocycles. The number of nitrogen functional groups attached to an aromatic ring is 1. The minimum Gasteiger partial charge on any atom is -0.379 e. The van der Waals surface area contributed by atoms with Crippen molar-refractivity contribution in [2.24, 2.45) is 0 Å². The van der Waals surface area contributed by atoms with Gasteiger partial charge in [-0.25, -0.2) is 9.67 Å². The molecule has 0 spiro atoms. The van der Waals surface area contributed by atoms with E-state index in [9.17, 15) is 4.79 Å². The average molecular weight is 239 g/mol. The first-order valence-corrected chi connectivity index (χ1v) is 5.32. The van der Waals surface area contributed by atoms with Crippen molar-refractivity contribution in [2.75, 3.05) is 25.5 Å². The zero-order valence-corrected chi connectivity index (χ0v) is 9.63. The molecule has 0 aliphatic carbocycles. The van der Waals surface area contributed by atoms with Gasteiger partial charge >= 0.3 is 0 Å². The molecule has 1 aromatic heterocycles. The van der Waals surface area contributed by atoms with Gasteiger partial charge < -0.3 is 15.8 Å². The van der Waals surface area contributed by atoms with Crippen molar-refractivity contribution in [3.05, 3.63) is 19.0 Å². The van der Waals surface area contributed by atoms with E-state index in [0.717, 1.165) is 6.42 Å². The predicted molar refractivity (Wildman–Crippen MR) is 63.1 cm³/mol. The monoisotopic (exact) mass is 239 g/mol. The second kappa shape index (κ2) is 7.39. The predicted octanol–water partition coefficient (Wildman–Crippen LogP) is -0.431. The Hall–Kier alpha value is -1.89. The van der Waals surface area contributed by atoms with Crippen molar-refractivity contribution in [3.8, 4) is 0 Å². The molecule has 0 aliphatic rings. The van der Waals surface area contributed by atoms with Crippen LogP contribution in [0.25, 0.3) is 0 Å². The fourth-order valence-electron chi connectivity index (χ4n) is 1.12. The van der Waals surface area contributed by atoms with Gasteiger partial charge in [0.05, 0.1) is 13.2 Å². The highest BCUT2D eigenvalue weighted by atomic mass is 16.5. The third-order valence-corrected chi connectivity index (χ3v) is 1.89. The van der Waals surface area contributed by atoms with Gasteiger partial charge in [0.25, 0.3) is 0 Å². The smallest absolute Gasteiger partial charge is 0.241 e. The summed E-state index contributed by atoms with van der Waals surface area (Å²) in [6.45, 7) is 5.27. The van der Waals surface area contributed by atoms with E-state index in [0.29, 0.717) is 19.8 Å². The summed E-state index contributed by atoms with van der Waals surface area (Å²) in [6.07, 6.45) is 4.01. The highest BCUT2D eigenvalue weighted by Crippen LogP contribution is 1.88. The number of carbonyl (C=O) groups excluding carboxylic acids is 1. The highest BCUT2D eigenvalue weighted by molar-refractivity contribution is 5.75. The van der Waals surface area contributed by atoms with Gasteiger partial charge in [0.1, 0.15) is 12.9 Å². The third-order valence-electron chi connectivity index (χ3n) is 1.89. The standard InChI is InChI=1S/C10H17N5O2/c1-2-3-5-17-6-4-12-9(16)7-15-8-13-10(11)14-15/h2,8H,1,3-7H2,(H2,11,14)(H,12,16). The summed E-state index contributed by atoms with van der Waals surface area (Å²) < 4.78 is 6.62. The molecule has 1 rings (SSSR count). The number of hydrogen-bond donors (Lipinski definition) is 2. The SMILES string of the molecule is C=CCCOCCNC(=O)Cn1cnc(N)n1. The molecular weight excluding hydrogens is 222 g/mol. The molecule has 0 radical (unpaired) electrons. The molecule has 0 saturated heterocycles. The fourth-order valence-corrected chi connectivity index (χ4v) is 1.12. The van der Waals surface area contributed by atoms with Crippen LogP contribution in [0.4, 0.5) is 5.95 Å². The van der Waals surface area contributed by atoms with Crippen molar-refractivity contribution in [1.29, 1.82) is 0 Å². The van der Waals surface area contributed by atoms with Crippen LogP contribution in [0.5, 0.6) is 0 Å². The first kappa shape index (κ1) is 13.2. The normalized spacial score (nSPS) is 10.1. The molecule has 0 aliphatic heterocycles. The molecule has 0 aromatic carbocycles. The quantitative estimate of drug-likeness (QED) is 0.474. The number of ether oxygens (including phenoxy) is 1. The lowest BCUT2D eigenvalue weighted by molar-refractivity contribution is -0.122. The van der Waals surface area contributed by atoms with Crippen molar-refractivity contribution >= 4 is 11.9 Å². The van der Waals surface area contributed by atoms with Gasteiger partial charge in [-0.05, 0) is 6.42 Å². The number of amides is 1. The molecule has 7 heteroatoms. The summed E-state index contributed by atoms with van der Waals surface area (Å²) in [6, 6.07) is 0. The van der Waals surface area contributed by atoms with Gasteiger partial charge in [0, 0.05) is 6.54 Å². The van der Waals surface area contributed by atoms with E-state index in [4.69, 9.17) is 10.5 Å². The highest BCUT2D eigenvalue weighted by Gasteiger charge is 2.03. The van der Waals surface area contributed by atoms with Gasteiger partial charge in [-0.1, -0.05) is 6.08 Å². The summed E-state index contributed by atoms with van der Waals surface area (Å²) >= 11 is 0. The van der Waals surface area contributed by atoms with Crippen LogP contribution in [0.1, 0.15) is 6.42 Å². The van der Waals surface area contributed by atoms with E-state index in [1.165, 1.54) is 11.0 Å². The Morgan fingerprint density at radius 1 is 1.65 bits per heavy atom. The molecule has 17 heavy (non-hydrogen) atoms. The lowest BCUT2D eigenvalue weighted by Gasteiger charge is -2.05. The molecule has 0 saturated carbocycles. The largest absolute Gasteiger partial charge is 0.379 e. The summed E-state index contributed by atoms with van der Waals surface area (Å²) in [4.78, 5) is 15.1. The first-order valence-electron chi connectivity index (χ1n) is 5.32. The Bertz CT molecular complexity index is 363. The van der Waals surface area contributed by atoms with Gasteiger partial charge in [-0.2, -0.15) is 0 Å². The van der Waals surface area contributed by atoms with Crippen LogP contribution in [-0.4, -0.2) is 40.4 Å². The number of hydrogen-bond acceptors (Lipinski definition) is 5. The van der Waals surface area contributed by atoms with E-state index in [2.05, 4.69) is 22.0 Å². The zero-order chi connectivity index (χ0) is 12.5. The van der Waals surface area contributed by atoms with Gasteiger partial charge in [0.15, 0.2) is 0 Å². The number of anilines is 1. The van der Waals surface area contributed by atoms with E-state index in [1.54, 1.807) is 6.08 Å². The topological polar surface area (TPSA) is 95.1 Å². The number of nitrogens with zero attached hydrogens (tertiary/aromatic N) is 3. The molecule has 0 atom stereocenters. The van der Waals surface area contributed by atoms with Gasteiger partial charge in [-0.15, -0.1) is 11.7 Å². The van der Waals surface area contributed by atoms with Crippen LogP contribution in [0.3, 0.4) is 0 Å². The van der Waals surface area contributed by atoms with Crippen molar-refractivity contribution in [3.63, 3.8) is 0 Å². The van der Waals surface area contributed by atoms with Gasteiger partial charge in [0.2, 0.25) is 11.9 Å². The van der Waals surface area contributed by atoms with Crippen LogP contribution in [-0.2, 0) is 16.1 Å². The molecule has 0 bridgehead atoms. The number of aromatic nitrogens is 3. The van der Waals surface area contributed by atoms with E-state index < -0.39 is 0 Å². The Kier molecular flexibility index (Phi) is 5.73. The first-order chi connectivity index (χ1) is 8.22. The Balaban J connectivity index is 2.07. The maximum absolute atomic E-state index is 11.4. The maximum Gasteiger partial charge on any atom is 0.241 e. The number of rotatable bonds is 8. The third kappa shape index (κ3) is 5.67. The number of nitrogens with one attached hydrogen (secondary N) is 1. The molecule has 7 nitrogen and oxygen atoms in total.